The Hall–Kier alpha value is -2.85. The van der Waals surface area contributed by atoms with E-state index in [1.807, 2.05) is 0 Å². The first-order valence-corrected chi connectivity index (χ1v) is 7.20. The normalized spacial score (nSPS) is 11.0. The minimum absolute atomic E-state index is 0.0308. The Bertz CT molecular complexity index is 726. The van der Waals surface area contributed by atoms with Gasteiger partial charge in [-0.1, -0.05) is 0 Å². The molecule has 0 radical (unpaired) electrons. The smallest absolute Gasteiger partial charge is 0.257 e. The van der Waals surface area contributed by atoms with Gasteiger partial charge in [0, 0.05) is 13.1 Å². The second kappa shape index (κ2) is 8.02. The highest BCUT2D eigenvalue weighted by Crippen LogP contribution is 2.24. The molecule has 0 fully saturated rings. The lowest BCUT2D eigenvalue weighted by atomic mass is 10.1. The molecule has 26 heavy (non-hydrogen) atoms. The summed E-state index contributed by atoms with van der Waals surface area (Å²) in [5.74, 6) is -8.04. The van der Waals surface area contributed by atoms with Crippen molar-refractivity contribution in [3.8, 4) is 11.5 Å². The van der Waals surface area contributed by atoms with Gasteiger partial charge in [0.2, 0.25) is 0 Å². The van der Waals surface area contributed by atoms with E-state index in [0.717, 1.165) is 24.3 Å². The van der Waals surface area contributed by atoms with E-state index in [4.69, 9.17) is 15.4 Å². The lowest BCUT2D eigenvalue weighted by Crippen LogP contribution is -2.35. The van der Waals surface area contributed by atoms with Crippen LogP contribution in [-0.4, -0.2) is 32.8 Å². The molecule has 0 aliphatic rings. The summed E-state index contributed by atoms with van der Waals surface area (Å²) in [7, 11) is 0. The zero-order chi connectivity index (χ0) is 19.4. The first-order chi connectivity index (χ1) is 12.2. The molecule has 0 bridgehead atoms. The third-order valence-corrected chi connectivity index (χ3v) is 3.46. The number of halogens is 4. The van der Waals surface area contributed by atoms with Gasteiger partial charge in [-0.3, -0.25) is 14.9 Å². The van der Waals surface area contributed by atoms with Crippen molar-refractivity contribution in [2.45, 2.75) is 13.1 Å². The van der Waals surface area contributed by atoms with Gasteiger partial charge in [-0.25, -0.2) is 23.0 Å². The highest BCUT2D eigenvalue weighted by atomic mass is 19.1. The number of carbonyl (C=O) groups is 1. The number of phenols is 2. The van der Waals surface area contributed by atoms with E-state index >= 15 is 0 Å². The summed E-state index contributed by atoms with van der Waals surface area (Å²) < 4.78 is 53.8. The van der Waals surface area contributed by atoms with Crippen molar-refractivity contribution in [3.05, 3.63) is 58.7 Å². The van der Waals surface area contributed by atoms with Gasteiger partial charge in [-0.05, 0) is 35.4 Å². The van der Waals surface area contributed by atoms with Crippen LogP contribution in [0, 0.1) is 23.3 Å². The summed E-state index contributed by atoms with van der Waals surface area (Å²) >= 11 is 0. The number of phenolic OH excluding ortho intramolecular Hbond substituents is 2. The fraction of sp³-hybridized carbons (Fsp3) is 0.188. The molecule has 0 aliphatic heterocycles. The second-order valence-corrected chi connectivity index (χ2v) is 5.50. The first-order valence-electron chi connectivity index (χ1n) is 7.20. The van der Waals surface area contributed by atoms with Crippen molar-refractivity contribution in [2.24, 2.45) is 0 Å². The van der Waals surface area contributed by atoms with Gasteiger partial charge in [-0.2, -0.15) is 0 Å². The van der Waals surface area contributed by atoms with Crippen molar-refractivity contribution in [1.82, 2.24) is 10.4 Å². The molecule has 0 unspecified atom stereocenters. The molecule has 0 aliphatic carbocycles. The molecule has 10 heteroatoms. The number of hydrogen-bond donors (Lipinski definition) is 4. The number of nitrogens with one attached hydrogen (secondary N) is 1. The standard InChI is InChI=1S/C16H14F4N2O4/c17-10-1-8(2-11(18)15(10)24)5-22(7-14(23)21-26)6-9-3-12(19)16(25)13(20)4-9/h1-4,24-26H,5-7H2,(H,21,23). The van der Waals surface area contributed by atoms with Gasteiger partial charge < -0.3 is 10.2 Å². The molecule has 2 aromatic rings. The Morgan fingerprint density at radius 3 is 1.50 bits per heavy atom. The fourth-order valence-electron chi connectivity index (χ4n) is 2.34. The first kappa shape index (κ1) is 19.5. The minimum Gasteiger partial charge on any atom is -0.503 e. The Balaban J connectivity index is 2.27. The summed E-state index contributed by atoms with van der Waals surface area (Å²) in [4.78, 5) is 12.6. The molecule has 6 nitrogen and oxygen atoms in total. The van der Waals surface area contributed by atoms with Gasteiger partial charge in [0.05, 0.1) is 6.54 Å². The van der Waals surface area contributed by atoms with E-state index in [1.54, 1.807) is 0 Å². The molecule has 0 saturated carbocycles. The summed E-state index contributed by atoms with van der Waals surface area (Å²) in [5.41, 5.74) is 1.44. The molecule has 0 aromatic heterocycles. The SMILES string of the molecule is O=C(CN(Cc1cc(F)c(O)c(F)c1)Cc1cc(F)c(O)c(F)c1)NO. The zero-order valence-corrected chi connectivity index (χ0v) is 13.1. The molecular weight excluding hydrogens is 360 g/mol. The molecule has 2 aromatic carbocycles. The lowest BCUT2D eigenvalue weighted by Gasteiger charge is -2.22. The summed E-state index contributed by atoms with van der Waals surface area (Å²) in [6.07, 6.45) is 0. The monoisotopic (exact) mass is 374 g/mol. The molecule has 0 atom stereocenters. The number of hydroxylamine groups is 1. The van der Waals surface area contributed by atoms with Crippen molar-refractivity contribution >= 4 is 5.91 Å². The zero-order valence-electron chi connectivity index (χ0n) is 13.1. The quantitative estimate of drug-likeness (QED) is 0.353. The number of benzene rings is 2. The average molecular weight is 374 g/mol. The second-order valence-electron chi connectivity index (χ2n) is 5.50. The summed E-state index contributed by atoms with van der Waals surface area (Å²) in [5, 5.41) is 26.8. The van der Waals surface area contributed by atoms with Crippen LogP contribution in [0.3, 0.4) is 0 Å². The molecule has 2 rings (SSSR count). The Labute approximate surface area is 144 Å². The average Bonchev–Trinajstić information content (AvgIpc) is 2.57. The minimum atomic E-state index is -1.21. The van der Waals surface area contributed by atoms with Crippen LogP contribution in [0.1, 0.15) is 11.1 Å². The number of hydrogen-bond acceptors (Lipinski definition) is 5. The predicted octanol–water partition coefficient (Wildman–Crippen LogP) is 2.16. The van der Waals surface area contributed by atoms with Crippen LogP contribution in [-0.2, 0) is 17.9 Å². The Morgan fingerprint density at radius 2 is 1.19 bits per heavy atom. The maximum atomic E-state index is 13.4. The van der Waals surface area contributed by atoms with Crippen LogP contribution in [0.15, 0.2) is 24.3 Å². The van der Waals surface area contributed by atoms with Crippen molar-refractivity contribution < 1.29 is 37.8 Å². The van der Waals surface area contributed by atoms with E-state index < -0.39 is 47.2 Å². The third kappa shape index (κ3) is 4.61. The van der Waals surface area contributed by atoms with Gasteiger partial charge in [0.15, 0.2) is 34.8 Å². The van der Waals surface area contributed by atoms with Crippen LogP contribution in [0.4, 0.5) is 17.6 Å². The van der Waals surface area contributed by atoms with Gasteiger partial charge in [0.25, 0.3) is 5.91 Å². The van der Waals surface area contributed by atoms with E-state index in [1.165, 1.54) is 10.4 Å². The lowest BCUT2D eigenvalue weighted by molar-refractivity contribution is -0.130. The van der Waals surface area contributed by atoms with Gasteiger partial charge in [-0.15, -0.1) is 0 Å². The number of carbonyl (C=O) groups excluding carboxylic acids is 1. The van der Waals surface area contributed by atoms with Crippen LogP contribution in [0.25, 0.3) is 0 Å². The molecule has 140 valence electrons. The van der Waals surface area contributed by atoms with E-state index in [2.05, 4.69) is 0 Å². The predicted molar refractivity (Wildman–Crippen MR) is 80.1 cm³/mol. The van der Waals surface area contributed by atoms with Crippen molar-refractivity contribution in [3.63, 3.8) is 0 Å². The van der Waals surface area contributed by atoms with Gasteiger partial charge >= 0.3 is 0 Å². The fourth-order valence-corrected chi connectivity index (χ4v) is 2.34. The highest BCUT2D eigenvalue weighted by molar-refractivity contribution is 5.76. The number of aromatic hydroxyl groups is 2. The van der Waals surface area contributed by atoms with E-state index in [9.17, 15) is 22.4 Å². The van der Waals surface area contributed by atoms with Crippen LogP contribution in [0.5, 0.6) is 11.5 Å². The van der Waals surface area contributed by atoms with Crippen LogP contribution < -0.4 is 5.48 Å². The van der Waals surface area contributed by atoms with Crippen LogP contribution >= 0.6 is 0 Å². The maximum absolute atomic E-state index is 13.4. The Kier molecular flexibility index (Phi) is 6.01. The molecular formula is C16H14F4N2O4. The molecule has 4 N–H and O–H groups in total. The Morgan fingerprint density at radius 1 is 0.846 bits per heavy atom. The van der Waals surface area contributed by atoms with Gasteiger partial charge in [0.1, 0.15) is 0 Å². The summed E-state index contributed by atoms with van der Waals surface area (Å²) in [6, 6.07) is 3.33. The molecule has 0 heterocycles. The van der Waals surface area contributed by atoms with Crippen LogP contribution in [0.2, 0.25) is 0 Å². The van der Waals surface area contributed by atoms with E-state index in [0.29, 0.717) is 0 Å². The topological polar surface area (TPSA) is 93.0 Å². The van der Waals surface area contributed by atoms with E-state index in [-0.39, 0.29) is 24.2 Å². The maximum Gasteiger partial charge on any atom is 0.257 e. The van der Waals surface area contributed by atoms with Crippen molar-refractivity contribution in [1.29, 1.82) is 0 Å². The molecule has 1 amide bonds. The molecule has 0 saturated heterocycles. The number of amides is 1. The summed E-state index contributed by atoms with van der Waals surface area (Å²) in [6.45, 7) is -0.956. The number of nitrogens with zero attached hydrogens (tertiary/aromatic N) is 1. The largest absolute Gasteiger partial charge is 0.503 e. The number of rotatable bonds is 6. The van der Waals surface area contributed by atoms with Crippen molar-refractivity contribution in [2.75, 3.05) is 6.54 Å². The highest BCUT2D eigenvalue weighted by Gasteiger charge is 2.17. The third-order valence-electron chi connectivity index (χ3n) is 3.46. The molecule has 0 spiro atoms.